The predicted molar refractivity (Wildman–Crippen MR) is 83.7 cm³/mol. The van der Waals surface area contributed by atoms with Crippen molar-refractivity contribution in [3.63, 3.8) is 0 Å². The molecule has 1 N–H and O–H groups in total. The smallest absolute Gasteiger partial charge is 0.250 e. The Kier molecular flexibility index (Phi) is 8.01. The Labute approximate surface area is 131 Å². The summed E-state index contributed by atoms with van der Waals surface area (Å²) < 4.78 is 0. The fraction of sp³-hybridized carbons (Fsp3) is 0.500. The van der Waals surface area contributed by atoms with Crippen LogP contribution in [0.25, 0.3) is 0 Å². The average molecular weight is 308 g/mol. The largest absolute Gasteiger partial charge is 0.342 e. The molecule has 1 aliphatic heterocycles. The minimum Gasteiger partial charge on any atom is -0.342 e. The van der Waals surface area contributed by atoms with Crippen molar-refractivity contribution in [1.29, 1.82) is 0 Å². The molecule has 0 aromatic rings. The average Bonchev–Trinajstić information content (AvgIpc) is 2.79. The molecule has 0 saturated carbocycles. The van der Waals surface area contributed by atoms with Gasteiger partial charge in [0.25, 0.3) is 11.8 Å². The van der Waals surface area contributed by atoms with Gasteiger partial charge in [-0.3, -0.25) is 24.5 Å². The zero-order chi connectivity index (χ0) is 17.3. The van der Waals surface area contributed by atoms with Crippen LogP contribution in [0.5, 0.6) is 0 Å². The maximum Gasteiger partial charge on any atom is 0.250 e. The number of aldehydes is 1. The second-order valence-electron chi connectivity index (χ2n) is 6.02. The lowest BCUT2D eigenvalue weighted by Gasteiger charge is -2.33. The van der Waals surface area contributed by atoms with Crippen LogP contribution in [-0.2, 0) is 19.2 Å². The summed E-state index contributed by atoms with van der Waals surface area (Å²) in [5, 5.41) is 2.03. The fourth-order valence-electron chi connectivity index (χ4n) is 1.48. The van der Waals surface area contributed by atoms with E-state index in [-0.39, 0.29) is 23.1 Å². The Morgan fingerprint density at radius 3 is 2.09 bits per heavy atom. The molecule has 0 atom stereocenters. The van der Waals surface area contributed by atoms with Crippen molar-refractivity contribution in [2.24, 2.45) is 11.3 Å². The van der Waals surface area contributed by atoms with Gasteiger partial charge >= 0.3 is 0 Å². The molecule has 3 amide bonds. The molecule has 6 nitrogen and oxygen atoms in total. The highest BCUT2D eigenvalue weighted by molar-refractivity contribution is 6.12. The van der Waals surface area contributed by atoms with E-state index in [4.69, 9.17) is 0 Å². The van der Waals surface area contributed by atoms with E-state index in [0.29, 0.717) is 18.7 Å². The van der Waals surface area contributed by atoms with Crippen molar-refractivity contribution in [2.45, 2.75) is 27.7 Å². The van der Waals surface area contributed by atoms with Gasteiger partial charge in [-0.2, -0.15) is 0 Å². The van der Waals surface area contributed by atoms with Crippen molar-refractivity contribution >= 4 is 24.0 Å². The Morgan fingerprint density at radius 1 is 1.27 bits per heavy atom. The third-order valence-electron chi connectivity index (χ3n) is 3.53. The second-order valence-corrected chi connectivity index (χ2v) is 6.02. The van der Waals surface area contributed by atoms with Gasteiger partial charge in [0, 0.05) is 31.8 Å². The third-order valence-corrected chi connectivity index (χ3v) is 3.53. The van der Waals surface area contributed by atoms with Crippen molar-refractivity contribution in [3.05, 3.63) is 24.3 Å². The van der Waals surface area contributed by atoms with Crippen LogP contribution >= 0.6 is 0 Å². The Balaban J connectivity index is 0.000000518. The number of hydrogen-bond acceptors (Lipinski definition) is 4. The summed E-state index contributed by atoms with van der Waals surface area (Å²) in [7, 11) is 1.75. The summed E-state index contributed by atoms with van der Waals surface area (Å²) in [6, 6.07) is 0. The first-order chi connectivity index (χ1) is 10.1. The lowest BCUT2D eigenvalue weighted by molar-refractivity contribution is -0.126. The summed E-state index contributed by atoms with van der Waals surface area (Å²) in [4.78, 5) is 43.3. The van der Waals surface area contributed by atoms with Crippen LogP contribution in [0.15, 0.2) is 24.3 Å². The van der Waals surface area contributed by atoms with E-state index in [0.717, 1.165) is 0 Å². The van der Waals surface area contributed by atoms with Gasteiger partial charge in [0.05, 0.1) is 0 Å². The molecule has 1 rings (SSSR count). The van der Waals surface area contributed by atoms with E-state index in [9.17, 15) is 19.2 Å². The number of nitrogens with zero attached hydrogens (tertiary/aromatic N) is 1. The number of hydrogen-bond donors (Lipinski definition) is 1. The molecule has 0 aliphatic carbocycles. The molecule has 0 aromatic heterocycles. The highest BCUT2D eigenvalue weighted by atomic mass is 16.2. The fourth-order valence-corrected chi connectivity index (χ4v) is 1.48. The zero-order valence-corrected chi connectivity index (χ0v) is 13.8. The van der Waals surface area contributed by atoms with Gasteiger partial charge in [0.2, 0.25) is 5.91 Å². The van der Waals surface area contributed by atoms with Crippen LogP contribution in [0.1, 0.15) is 27.7 Å². The zero-order valence-electron chi connectivity index (χ0n) is 13.8. The molecule has 22 heavy (non-hydrogen) atoms. The highest BCUT2D eigenvalue weighted by Crippen LogP contribution is 2.26. The quantitative estimate of drug-likeness (QED) is 0.468. The number of rotatable bonds is 5. The first-order valence-electron chi connectivity index (χ1n) is 7.00. The third kappa shape index (κ3) is 7.52. The van der Waals surface area contributed by atoms with Gasteiger partial charge in [-0.05, 0) is 17.4 Å². The molecule has 0 bridgehead atoms. The van der Waals surface area contributed by atoms with Gasteiger partial charge in [-0.25, -0.2) is 0 Å². The summed E-state index contributed by atoms with van der Waals surface area (Å²) in [6.07, 6.45) is 5.52. The molecule has 6 heteroatoms. The van der Waals surface area contributed by atoms with Gasteiger partial charge < -0.3 is 4.90 Å². The lowest BCUT2D eigenvalue weighted by atomic mass is 9.81. The van der Waals surface area contributed by atoms with Crippen LogP contribution in [0.3, 0.4) is 0 Å². The summed E-state index contributed by atoms with van der Waals surface area (Å²) >= 11 is 0. The molecule has 1 heterocycles. The van der Waals surface area contributed by atoms with Crippen LogP contribution in [0.2, 0.25) is 0 Å². The molecule has 1 aliphatic rings. The van der Waals surface area contributed by atoms with Gasteiger partial charge in [0.15, 0.2) is 0 Å². The molecule has 0 saturated heterocycles. The highest BCUT2D eigenvalue weighted by Gasteiger charge is 2.25. The minimum atomic E-state index is -0.329. The molecular formula is C16H24N2O4. The van der Waals surface area contributed by atoms with Crippen molar-refractivity contribution < 1.29 is 19.2 Å². The van der Waals surface area contributed by atoms with E-state index in [1.54, 1.807) is 11.9 Å². The molecular weight excluding hydrogens is 284 g/mol. The number of likely N-dealkylation sites (N-methyl/N-ethyl adjacent to an activating group) is 1. The molecule has 122 valence electrons. The molecule has 0 aromatic carbocycles. The molecule has 0 radical (unpaired) electrons. The molecule has 0 spiro atoms. The van der Waals surface area contributed by atoms with Crippen LogP contribution < -0.4 is 5.32 Å². The Morgan fingerprint density at radius 2 is 1.77 bits per heavy atom. The van der Waals surface area contributed by atoms with E-state index >= 15 is 0 Å². The Hall–Kier alpha value is -2.24. The summed E-state index contributed by atoms with van der Waals surface area (Å²) in [6.45, 7) is 9.22. The minimum absolute atomic E-state index is 0.0828. The van der Waals surface area contributed by atoms with E-state index in [1.165, 1.54) is 24.3 Å². The van der Waals surface area contributed by atoms with Crippen LogP contribution in [0, 0.1) is 11.3 Å². The maximum atomic E-state index is 11.5. The number of imide groups is 1. The number of nitrogens with one attached hydrogen (secondary N) is 1. The SMILES string of the molecule is CC(C)C(C)(C)CN(C)C(=O)/C=C\C=O.O=C1C=CC(=O)N1. The van der Waals surface area contributed by atoms with E-state index in [1.807, 2.05) is 5.32 Å². The topological polar surface area (TPSA) is 83.6 Å². The predicted octanol–water partition coefficient (Wildman–Crippen LogP) is 1.08. The Bertz CT molecular complexity index is 474. The summed E-state index contributed by atoms with van der Waals surface area (Å²) in [5.74, 6) is -0.284. The van der Waals surface area contributed by atoms with Crippen LogP contribution in [-0.4, -0.2) is 42.5 Å². The van der Waals surface area contributed by atoms with Gasteiger partial charge in [-0.15, -0.1) is 0 Å². The number of carbonyl (C=O) groups is 4. The number of carbonyl (C=O) groups excluding carboxylic acids is 4. The first kappa shape index (κ1) is 19.8. The maximum absolute atomic E-state index is 11.5. The summed E-state index contributed by atoms with van der Waals surface area (Å²) in [5.41, 5.74) is 0.0828. The lowest BCUT2D eigenvalue weighted by Crippen LogP contribution is -2.37. The van der Waals surface area contributed by atoms with Gasteiger partial charge in [0.1, 0.15) is 6.29 Å². The second kappa shape index (κ2) is 8.92. The monoisotopic (exact) mass is 308 g/mol. The number of allylic oxidation sites excluding steroid dienone is 1. The standard InChI is InChI=1S/C12H21NO2.C4H3NO2/c1-10(2)12(3,4)9-13(5)11(15)7-6-8-14;6-3-1-2-4(7)5-3/h6-8,10H,9H2,1-5H3;1-2H,(H,5,6,7)/b7-6-;. The first-order valence-corrected chi connectivity index (χ1v) is 7.00. The van der Waals surface area contributed by atoms with Crippen LogP contribution in [0.4, 0.5) is 0 Å². The van der Waals surface area contributed by atoms with Gasteiger partial charge in [-0.1, -0.05) is 27.7 Å². The molecule has 0 fully saturated rings. The van der Waals surface area contributed by atoms with Crippen molar-refractivity contribution in [1.82, 2.24) is 10.2 Å². The number of amides is 3. The van der Waals surface area contributed by atoms with E-state index < -0.39 is 0 Å². The van der Waals surface area contributed by atoms with Crippen molar-refractivity contribution in [2.75, 3.05) is 13.6 Å². The normalized spacial score (nSPS) is 13.9. The van der Waals surface area contributed by atoms with E-state index in [2.05, 4.69) is 27.7 Å². The molecule has 0 unspecified atom stereocenters. The van der Waals surface area contributed by atoms with Crippen molar-refractivity contribution in [3.8, 4) is 0 Å².